The lowest BCUT2D eigenvalue weighted by atomic mass is 10.7. The summed E-state index contributed by atoms with van der Waals surface area (Å²) < 4.78 is 4.53. The molecule has 0 aromatic heterocycles. The summed E-state index contributed by atoms with van der Waals surface area (Å²) >= 11 is 0. The van der Waals surface area contributed by atoms with Gasteiger partial charge in [0.1, 0.15) is 13.2 Å². The van der Waals surface area contributed by atoms with Crippen LogP contribution in [0.25, 0.3) is 0 Å². The maximum absolute atomic E-state index is 7.85. The number of rotatable bonds is 2. The molecule has 0 saturated heterocycles. The van der Waals surface area contributed by atoms with Gasteiger partial charge < -0.3 is 4.74 Å². The first-order valence-electron chi connectivity index (χ1n) is 1.80. The van der Waals surface area contributed by atoms with Crippen LogP contribution >= 0.6 is 0 Å². The molecule has 0 N–H and O–H groups in total. The third-order valence-corrected chi connectivity index (χ3v) is 0.352. The van der Waals surface area contributed by atoms with Gasteiger partial charge in [0.05, 0.1) is 6.07 Å². The molecule has 0 aromatic rings. The van der Waals surface area contributed by atoms with E-state index in [9.17, 15) is 0 Å². The lowest BCUT2D eigenvalue weighted by Crippen LogP contribution is -1.89. The van der Waals surface area contributed by atoms with E-state index < -0.39 is 0 Å². The van der Waals surface area contributed by atoms with Gasteiger partial charge in [-0.15, -0.1) is 6.42 Å². The number of nitriles is 1. The molecule has 0 atom stereocenters. The third kappa shape index (κ3) is 5.01. The Labute approximate surface area is 42.7 Å². The molecule has 0 aliphatic heterocycles. The van der Waals surface area contributed by atoms with E-state index in [4.69, 9.17) is 11.7 Å². The van der Waals surface area contributed by atoms with Crippen molar-refractivity contribution in [3.8, 4) is 18.4 Å². The zero-order chi connectivity index (χ0) is 5.54. The van der Waals surface area contributed by atoms with Crippen LogP contribution in [0.15, 0.2) is 0 Å². The second-order valence-electron chi connectivity index (χ2n) is 0.855. The summed E-state index contributed by atoms with van der Waals surface area (Å²) in [7, 11) is 0. The quantitative estimate of drug-likeness (QED) is 0.361. The third-order valence-electron chi connectivity index (χ3n) is 0.352. The predicted octanol–water partition coefficient (Wildman–Crippen LogP) is 0.160. The molecule has 7 heavy (non-hydrogen) atoms. The Balaban J connectivity index is 2.77. The summed E-state index contributed by atoms with van der Waals surface area (Å²) in [6.07, 6.45) is 4.78. The minimum Gasteiger partial charge on any atom is -0.354 e. The molecule has 0 amide bonds. The summed E-state index contributed by atoms with van der Waals surface area (Å²) in [4.78, 5) is 0. The van der Waals surface area contributed by atoms with Crippen LogP contribution in [0.3, 0.4) is 0 Å². The molecular formula is C5H5NO. The smallest absolute Gasteiger partial charge is 0.134 e. The highest BCUT2D eigenvalue weighted by Gasteiger charge is 1.73. The number of nitrogens with zero attached hydrogens (tertiary/aromatic N) is 1. The van der Waals surface area contributed by atoms with Crippen molar-refractivity contribution in [1.82, 2.24) is 0 Å². The van der Waals surface area contributed by atoms with E-state index in [-0.39, 0.29) is 13.2 Å². The van der Waals surface area contributed by atoms with E-state index in [1.54, 1.807) is 6.07 Å². The van der Waals surface area contributed by atoms with Crippen molar-refractivity contribution >= 4 is 0 Å². The van der Waals surface area contributed by atoms with Gasteiger partial charge in [0.2, 0.25) is 0 Å². The lowest BCUT2D eigenvalue weighted by Gasteiger charge is -1.84. The summed E-state index contributed by atoms with van der Waals surface area (Å²) in [5, 5.41) is 7.85. The lowest BCUT2D eigenvalue weighted by molar-refractivity contribution is 0.203. The average Bonchev–Trinajstić information content (AvgIpc) is 1.69. The molecule has 2 nitrogen and oxygen atoms in total. The monoisotopic (exact) mass is 95.0 g/mol. The minimum atomic E-state index is 0.0875. The number of ether oxygens (including phenoxy) is 1. The van der Waals surface area contributed by atoms with Gasteiger partial charge >= 0.3 is 0 Å². The van der Waals surface area contributed by atoms with E-state index in [1.807, 2.05) is 0 Å². The normalized spacial score (nSPS) is 6.57. The van der Waals surface area contributed by atoms with Crippen LogP contribution in [0.2, 0.25) is 0 Å². The fraction of sp³-hybridized carbons (Fsp3) is 0.400. The number of hydrogen-bond donors (Lipinski definition) is 0. The largest absolute Gasteiger partial charge is 0.354 e. The van der Waals surface area contributed by atoms with Crippen molar-refractivity contribution < 1.29 is 4.74 Å². The molecule has 0 rings (SSSR count). The molecule has 0 heterocycles. The molecule has 0 aromatic carbocycles. The number of hydrogen-bond acceptors (Lipinski definition) is 2. The minimum absolute atomic E-state index is 0.0875. The SMILES string of the molecule is C#CCOCC#N. The summed E-state index contributed by atoms with van der Waals surface area (Å²) in [5.41, 5.74) is 0. The Morgan fingerprint density at radius 1 is 1.57 bits per heavy atom. The molecule has 0 saturated carbocycles. The molecule has 0 radical (unpaired) electrons. The summed E-state index contributed by atoms with van der Waals surface area (Å²) in [5.74, 6) is 2.23. The highest BCUT2D eigenvalue weighted by Crippen LogP contribution is 1.65. The van der Waals surface area contributed by atoms with E-state index >= 15 is 0 Å². The second-order valence-corrected chi connectivity index (χ2v) is 0.855. The van der Waals surface area contributed by atoms with Crippen molar-refractivity contribution in [2.24, 2.45) is 0 Å². The highest BCUT2D eigenvalue weighted by atomic mass is 16.5. The summed E-state index contributed by atoms with van der Waals surface area (Å²) in [6, 6.07) is 1.78. The van der Waals surface area contributed by atoms with Crippen LogP contribution in [0.5, 0.6) is 0 Å². The van der Waals surface area contributed by atoms with Crippen molar-refractivity contribution in [2.75, 3.05) is 13.2 Å². The molecule has 0 aliphatic rings. The molecule has 0 unspecified atom stereocenters. The average molecular weight is 95.1 g/mol. The Morgan fingerprint density at radius 2 is 2.29 bits per heavy atom. The topological polar surface area (TPSA) is 33.0 Å². The Bertz CT molecular complexity index is 92.2. The van der Waals surface area contributed by atoms with Gasteiger partial charge in [0, 0.05) is 0 Å². The first-order valence-corrected chi connectivity index (χ1v) is 1.80. The van der Waals surface area contributed by atoms with Crippen molar-refractivity contribution in [3.05, 3.63) is 0 Å². The van der Waals surface area contributed by atoms with Crippen LogP contribution < -0.4 is 0 Å². The fourth-order valence-corrected chi connectivity index (χ4v) is 0.156. The van der Waals surface area contributed by atoms with E-state index in [2.05, 4.69) is 10.7 Å². The van der Waals surface area contributed by atoms with E-state index in [0.717, 1.165) is 0 Å². The van der Waals surface area contributed by atoms with Crippen molar-refractivity contribution in [2.45, 2.75) is 0 Å². The van der Waals surface area contributed by atoms with Crippen molar-refractivity contribution in [3.63, 3.8) is 0 Å². The van der Waals surface area contributed by atoms with Crippen molar-refractivity contribution in [1.29, 1.82) is 5.26 Å². The Hall–Kier alpha value is -0.990. The van der Waals surface area contributed by atoms with Gasteiger partial charge in [-0.1, -0.05) is 5.92 Å². The molecule has 36 valence electrons. The molecule has 0 aliphatic carbocycles. The highest BCUT2D eigenvalue weighted by molar-refractivity contribution is 4.83. The molecule has 0 bridgehead atoms. The van der Waals surface area contributed by atoms with E-state index in [0.29, 0.717) is 0 Å². The first kappa shape index (κ1) is 6.01. The maximum atomic E-state index is 7.85. The summed E-state index contributed by atoms with van der Waals surface area (Å²) in [6.45, 7) is 0.317. The second kappa shape index (κ2) is 5.01. The van der Waals surface area contributed by atoms with Crippen LogP contribution in [-0.4, -0.2) is 13.2 Å². The first-order chi connectivity index (χ1) is 3.41. The van der Waals surface area contributed by atoms with Gasteiger partial charge in [-0.3, -0.25) is 0 Å². The van der Waals surface area contributed by atoms with E-state index in [1.165, 1.54) is 0 Å². The molecule has 0 spiro atoms. The van der Waals surface area contributed by atoms with Gasteiger partial charge in [-0.25, -0.2) is 0 Å². The molecule has 2 heteroatoms. The maximum Gasteiger partial charge on any atom is 0.134 e. The van der Waals surface area contributed by atoms with Gasteiger partial charge in [-0.05, 0) is 0 Å². The van der Waals surface area contributed by atoms with Crippen LogP contribution in [0, 0.1) is 23.7 Å². The van der Waals surface area contributed by atoms with Gasteiger partial charge in [0.25, 0.3) is 0 Å². The zero-order valence-corrected chi connectivity index (χ0v) is 3.85. The Kier molecular flexibility index (Phi) is 4.30. The standard InChI is InChI=1S/C5H5NO/c1-2-4-7-5-3-6/h1H,4-5H2. The van der Waals surface area contributed by atoms with Gasteiger partial charge in [0.15, 0.2) is 0 Å². The molecule has 0 fully saturated rings. The van der Waals surface area contributed by atoms with Crippen LogP contribution in [-0.2, 0) is 4.74 Å². The zero-order valence-electron chi connectivity index (χ0n) is 3.85. The number of terminal acetylenes is 1. The molecular weight excluding hydrogens is 90.1 g/mol. The van der Waals surface area contributed by atoms with Crippen LogP contribution in [0.4, 0.5) is 0 Å². The van der Waals surface area contributed by atoms with Gasteiger partial charge in [-0.2, -0.15) is 5.26 Å². The fourth-order valence-electron chi connectivity index (χ4n) is 0.156. The van der Waals surface area contributed by atoms with Crippen LogP contribution in [0.1, 0.15) is 0 Å². The Morgan fingerprint density at radius 3 is 2.71 bits per heavy atom. The predicted molar refractivity (Wildman–Crippen MR) is 25.3 cm³/mol.